The fraction of sp³-hybridized carbons (Fsp3) is 0.235. The van der Waals surface area contributed by atoms with Gasteiger partial charge in [0.15, 0.2) is 6.61 Å². The summed E-state index contributed by atoms with van der Waals surface area (Å²) in [5.41, 5.74) is 0. The first-order chi connectivity index (χ1) is 11.6. The average molecular weight is 415 g/mol. The molecule has 2 aromatic carbocycles. The van der Waals surface area contributed by atoms with Crippen LogP contribution in [0, 0.1) is 0 Å². The Balaban J connectivity index is 1.67. The van der Waals surface area contributed by atoms with Gasteiger partial charge in [-0.2, -0.15) is 0 Å². The Morgan fingerprint density at radius 2 is 1.96 bits per heavy atom. The third kappa shape index (κ3) is 5.94. The highest BCUT2D eigenvalue weighted by Gasteiger charge is 2.06. The predicted molar refractivity (Wildman–Crippen MR) is 96.1 cm³/mol. The maximum atomic E-state index is 11.8. The van der Waals surface area contributed by atoms with E-state index in [-0.39, 0.29) is 12.5 Å². The maximum absolute atomic E-state index is 11.8. The lowest BCUT2D eigenvalue weighted by atomic mass is 10.3. The lowest BCUT2D eigenvalue weighted by Gasteiger charge is -2.10. The lowest BCUT2D eigenvalue weighted by Crippen LogP contribution is -2.32. The van der Waals surface area contributed by atoms with Crippen LogP contribution in [0.25, 0.3) is 0 Å². The zero-order valence-electron chi connectivity index (χ0n) is 13.1. The van der Waals surface area contributed by atoms with E-state index in [0.717, 1.165) is 5.75 Å². The molecule has 0 aliphatic rings. The van der Waals surface area contributed by atoms with Crippen molar-refractivity contribution in [1.82, 2.24) is 5.32 Å². The number of nitrogens with one attached hydrogen (secondary N) is 1. The van der Waals surface area contributed by atoms with Crippen molar-refractivity contribution in [3.05, 3.63) is 52.0 Å². The second kappa shape index (κ2) is 9.39. The summed E-state index contributed by atoms with van der Waals surface area (Å²) < 4.78 is 16.8. The maximum Gasteiger partial charge on any atom is 0.258 e. The fourth-order valence-corrected chi connectivity index (χ4v) is 2.63. The van der Waals surface area contributed by atoms with Crippen LogP contribution in [0.3, 0.4) is 0 Å². The molecule has 0 heterocycles. The van der Waals surface area contributed by atoms with Crippen molar-refractivity contribution in [3.63, 3.8) is 0 Å². The van der Waals surface area contributed by atoms with E-state index in [1.807, 2.05) is 18.2 Å². The summed E-state index contributed by atoms with van der Waals surface area (Å²) in [6.45, 7) is 0.643. The van der Waals surface area contributed by atoms with E-state index in [9.17, 15) is 4.79 Å². The highest BCUT2D eigenvalue weighted by atomic mass is 79.9. The Morgan fingerprint density at radius 3 is 2.71 bits per heavy atom. The monoisotopic (exact) mass is 413 g/mol. The van der Waals surface area contributed by atoms with Crippen LogP contribution in [0.4, 0.5) is 0 Å². The topological polar surface area (TPSA) is 56.8 Å². The molecule has 128 valence electrons. The minimum Gasteiger partial charge on any atom is -0.497 e. The third-order valence-electron chi connectivity index (χ3n) is 2.99. The van der Waals surface area contributed by atoms with E-state index in [2.05, 4.69) is 21.2 Å². The number of amides is 1. The predicted octanol–water partition coefficient (Wildman–Crippen LogP) is 3.69. The Kier molecular flexibility index (Phi) is 7.21. The molecule has 0 atom stereocenters. The van der Waals surface area contributed by atoms with Gasteiger partial charge >= 0.3 is 0 Å². The van der Waals surface area contributed by atoms with Gasteiger partial charge in [0.1, 0.15) is 23.9 Å². The number of rotatable bonds is 8. The molecule has 24 heavy (non-hydrogen) atoms. The van der Waals surface area contributed by atoms with E-state index in [1.165, 1.54) is 0 Å². The van der Waals surface area contributed by atoms with Crippen LogP contribution in [-0.4, -0.2) is 32.8 Å². The van der Waals surface area contributed by atoms with Crippen molar-refractivity contribution < 1.29 is 19.0 Å². The van der Waals surface area contributed by atoms with Crippen LogP contribution in [0.5, 0.6) is 17.2 Å². The van der Waals surface area contributed by atoms with Crippen molar-refractivity contribution in [2.75, 3.05) is 26.9 Å². The van der Waals surface area contributed by atoms with Gasteiger partial charge in [-0.05, 0) is 46.3 Å². The van der Waals surface area contributed by atoms with Gasteiger partial charge in [0, 0.05) is 11.1 Å². The first kappa shape index (κ1) is 18.4. The summed E-state index contributed by atoms with van der Waals surface area (Å²) in [4.78, 5) is 11.8. The summed E-state index contributed by atoms with van der Waals surface area (Å²) >= 11 is 9.17. The number of hydrogen-bond acceptors (Lipinski definition) is 4. The van der Waals surface area contributed by atoms with E-state index in [4.69, 9.17) is 25.8 Å². The first-order valence-electron chi connectivity index (χ1n) is 7.20. The molecule has 0 bridgehead atoms. The van der Waals surface area contributed by atoms with Crippen LogP contribution in [0.2, 0.25) is 5.02 Å². The van der Waals surface area contributed by atoms with Gasteiger partial charge in [-0.25, -0.2) is 0 Å². The SMILES string of the molecule is COc1cccc(OCCNC(=O)COc2ccc(Cl)cc2Br)c1. The molecule has 0 aliphatic carbocycles. The number of benzene rings is 2. The fourth-order valence-electron chi connectivity index (χ4n) is 1.84. The molecular weight excluding hydrogens is 398 g/mol. The molecule has 0 aromatic heterocycles. The Bertz CT molecular complexity index is 696. The largest absolute Gasteiger partial charge is 0.497 e. The van der Waals surface area contributed by atoms with Gasteiger partial charge in [0.2, 0.25) is 0 Å². The number of carbonyl (C=O) groups is 1. The van der Waals surface area contributed by atoms with Crippen molar-refractivity contribution in [3.8, 4) is 17.2 Å². The summed E-state index contributed by atoms with van der Waals surface area (Å²) in [7, 11) is 1.60. The highest BCUT2D eigenvalue weighted by molar-refractivity contribution is 9.10. The number of methoxy groups -OCH3 is 1. The highest BCUT2D eigenvalue weighted by Crippen LogP contribution is 2.27. The van der Waals surface area contributed by atoms with Gasteiger partial charge in [-0.1, -0.05) is 17.7 Å². The standard InChI is InChI=1S/C17H17BrClNO4/c1-22-13-3-2-4-14(10-13)23-8-7-20-17(21)11-24-16-6-5-12(19)9-15(16)18/h2-6,9-10H,7-8,11H2,1H3,(H,20,21). The molecule has 1 amide bonds. The van der Waals surface area contributed by atoms with E-state index in [0.29, 0.717) is 34.1 Å². The smallest absolute Gasteiger partial charge is 0.258 e. The van der Waals surface area contributed by atoms with E-state index >= 15 is 0 Å². The summed E-state index contributed by atoms with van der Waals surface area (Å²) in [6.07, 6.45) is 0. The molecule has 5 nitrogen and oxygen atoms in total. The Hall–Kier alpha value is -1.92. The minimum absolute atomic E-state index is 0.0839. The molecule has 0 spiro atoms. The lowest BCUT2D eigenvalue weighted by molar-refractivity contribution is -0.123. The molecule has 2 rings (SSSR count). The normalized spacial score (nSPS) is 10.1. The van der Waals surface area contributed by atoms with Gasteiger partial charge in [0.05, 0.1) is 18.1 Å². The van der Waals surface area contributed by atoms with Crippen LogP contribution in [0.15, 0.2) is 46.9 Å². The average Bonchev–Trinajstić information content (AvgIpc) is 2.58. The van der Waals surface area contributed by atoms with Crippen LogP contribution in [-0.2, 0) is 4.79 Å². The van der Waals surface area contributed by atoms with Gasteiger partial charge in [-0.15, -0.1) is 0 Å². The zero-order valence-corrected chi connectivity index (χ0v) is 15.4. The van der Waals surface area contributed by atoms with Crippen molar-refractivity contribution >= 4 is 33.4 Å². The van der Waals surface area contributed by atoms with Crippen molar-refractivity contribution in [1.29, 1.82) is 0 Å². The molecule has 0 unspecified atom stereocenters. The van der Waals surface area contributed by atoms with Crippen molar-refractivity contribution in [2.24, 2.45) is 0 Å². The van der Waals surface area contributed by atoms with Gasteiger partial charge in [-0.3, -0.25) is 4.79 Å². The third-order valence-corrected chi connectivity index (χ3v) is 3.84. The molecule has 0 radical (unpaired) electrons. The molecule has 2 aromatic rings. The number of ether oxygens (including phenoxy) is 3. The van der Waals surface area contributed by atoms with Crippen LogP contribution in [0.1, 0.15) is 0 Å². The zero-order chi connectivity index (χ0) is 17.4. The van der Waals surface area contributed by atoms with Gasteiger partial charge in [0.25, 0.3) is 5.91 Å². The minimum atomic E-state index is -0.230. The molecular formula is C17H17BrClNO4. The van der Waals surface area contributed by atoms with E-state index in [1.54, 1.807) is 31.4 Å². The molecule has 0 saturated heterocycles. The number of hydrogen-bond donors (Lipinski definition) is 1. The first-order valence-corrected chi connectivity index (χ1v) is 8.37. The van der Waals surface area contributed by atoms with Crippen LogP contribution < -0.4 is 19.5 Å². The molecule has 1 N–H and O–H groups in total. The van der Waals surface area contributed by atoms with Crippen molar-refractivity contribution in [2.45, 2.75) is 0 Å². The Labute approximate surface area is 154 Å². The second-order valence-electron chi connectivity index (χ2n) is 4.74. The quantitative estimate of drug-likeness (QED) is 0.670. The summed E-state index contributed by atoms with van der Waals surface area (Å²) in [5.74, 6) is 1.73. The molecule has 0 aliphatic heterocycles. The molecule has 7 heteroatoms. The number of halogens is 2. The molecule has 0 saturated carbocycles. The second-order valence-corrected chi connectivity index (χ2v) is 6.03. The Morgan fingerprint density at radius 1 is 1.17 bits per heavy atom. The van der Waals surface area contributed by atoms with Crippen LogP contribution >= 0.6 is 27.5 Å². The number of carbonyl (C=O) groups excluding carboxylic acids is 1. The van der Waals surface area contributed by atoms with Gasteiger partial charge < -0.3 is 19.5 Å². The molecule has 0 fully saturated rings. The van der Waals surface area contributed by atoms with E-state index < -0.39 is 0 Å². The summed E-state index contributed by atoms with van der Waals surface area (Å²) in [6, 6.07) is 12.4. The summed E-state index contributed by atoms with van der Waals surface area (Å²) in [5, 5.41) is 3.31.